The molecular weight excluding hydrogens is 196 g/mol. The lowest BCUT2D eigenvalue weighted by atomic mass is 10.3. The maximum absolute atomic E-state index is 11.0. The molecule has 0 spiro atoms. The van der Waals surface area contributed by atoms with E-state index < -0.39 is 9.76 Å². The van der Waals surface area contributed by atoms with Crippen LogP contribution in [0.3, 0.4) is 0 Å². The zero-order valence-electron chi connectivity index (χ0n) is 9.29. The molecule has 1 unspecified atom stereocenters. The summed E-state index contributed by atoms with van der Waals surface area (Å²) in [5.74, 6) is -0.344. The molecule has 0 radical (unpaired) electrons. The smallest absolute Gasteiger partial charge is 0.330 e. The van der Waals surface area contributed by atoms with Crippen molar-refractivity contribution in [2.45, 2.75) is 45.4 Å². The van der Waals surface area contributed by atoms with Gasteiger partial charge in [0.25, 0.3) is 0 Å². The molecule has 0 heterocycles. The maximum Gasteiger partial charge on any atom is 0.330 e. The molecule has 4 heteroatoms. The molecule has 82 valence electrons. The first-order valence-electron chi connectivity index (χ1n) is 5.04. The summed E-state index contributed by atoms with van der Waals surface area (Å²) >= 11 is 0. The quantitative estimate of drug-likeness (QED) is 0.366. The molecular formula is C10H20O3Si. The van der Waals surface area contributed by atoms with Gasteiger partial charge in [0.15, 0.2) is 0 Å². The van der Waals surface area contributed by atoms with Gasteiger partial charge >= 0.3 is 5.97 Å². The second-order valence-corrected chi connectivity index (χ2v) is 5.01. The van der Waals surface area contributed by atoms with Crippen LogP contribution in [0.15, 0.2) is 12.7 Å². The lowest BCUT2D eigenvalue weighted by molar-refractivity contribution is -0.140. The van der Waals surface area contributed by atoms with E-state index >= 15 is 0 Å². The Labute approximate surface area is 88.4 Å². The molecule has 0 aromatic rings. The Kier molecular flexibility index (Phi) is 7.42. The highest BCUT2D eigenvalue weighted by Crippen LogP contribution is 2.03. The van der Waals surface area contributed by atoms with Gasteiger partial charge in [-0.05, 0) is 20.3 Å². The van der Waals surface area contributed by atoms with Gasteiger partial charge in [0.1, 0.15) is 5.73 Å². The summed E-state index contributed by atoms with van der Waals surface area (Å²) in [6.07, 6.45) is 3.32. The van der Waals surface area contributed by atoms with E-state index in [4.69, 9.17) is 9.16 Å². The number of hydrogen-bond donors (Lipinski definition) is 0. The Morgan fingerprint density at radius 2 is 2.21 bits per heavy atom. The molecule has 0 rings (SSSR count). The van der Waals surface area contributed by atoms with Crippen molar-refractivity contribution in [1.82, 2.24) is 0 Å². The zero-order valence-corrected chi connectivity index (χ0v) is 10.7. The van der Waals surface area contributed by atoms with Crippen molar-refractivity contribution < 1.29 is 14.0 Å². The Morgan fingerprint density at radius 1 is 1.57 bits per heavy atom. The average molecular weight is 216 g/mol. The van der Waals surface area contributed by atoms with Crippen molar-refractivity contribution >= 4 is 15.7 Å². The van der Waals surface area contributed by atoms with Crippen LogP contribution in [-0.2, 0) is 14.0 Å². The van der Waals surface area contributed by atoms with Gasteiger partial charge in [0.05, 0.1) is 0 Å². The molecule has 0 saturated heterocycles. The van der Waals surface area contributed by atoms with Crippen molar-refractivity contribution in [2.24, 2.45) is 0 Å². The lowest BCUT2D eigenvalue weighted by Gasteiger charge is -2.17. The number of ether oxygens (including phenoxy) is 1. The van der Waals surface area contributed by atoms with E-state index in [0.717, 1.165) is 12.8 Å². The van der Waals surface area contributed by atoms with E-state index in [1.807, 2.05) is 13.8 Å². The van der Waals surface area contributed by atoms with Gasteiger partial charge in [-0.25, -0.2) is 4.79 Å². The minimum Gasteiger partial charge on any atom is -0.461 e. The standard InChI is InChI=1S/C10H20O3Si/c1-5-7-10(12-9(11)6-2)14-13-8(3)4/h6,8,10H,2,5,7,14H2,1,3-4H3. The van der Waals surface area contributed by atoms with Gasteiger partial charge in [-0.15, -0.1) is 0 Å². The van der Waals surface area contributed by atoms with Gasteiger partial charge < -0.3 is 9.16 Å². The zero-order chi connectivity index (χ0) is 11.0. The number of hydrogen-bond acceptors (Lipinski definition) is 3. The summed E-state index contributed by atoms with van der Waals surface area (Å²) in [6, 6.07) is 0. The Morgan fingerprint density at radius 3 is 2.64 bits per heavy atom. The van der Waals surface area contributed by atoms with E-state index in [2.05, 4.69) is 13.5 Å². The van der Waals surface area contributed by atoms with Crippen molar-refractivity contribution in [3.05, 3.63) is 12.7 Å². The highest BCUT2D eigenvalue weighted by atomic mass is 28.2. The van der Waals surface area contributed by atoms with E-state index in [1.165, 1.54) is 6.08 Å². The highest BCUT2D eigenvalue weighted by Gasteiger charge is 2.13. The number of esters is 1. The van der Waals surface area contributed by atoms with E-state index in [0.29, 0.717) is 0 Å². The maximum atomic E-state index is 11.0. The SMILES string of the molecule is C=CC(=O)OC(CCC)[SiH2]OC(C)C. The van der Waals surface area contributed by atoms with Crippen LogP contribution in [0.1, 0.15) is 33.6 Å². The summed E-state index contributed by atoms with van der Waals surface area (Å²) in [7, 11) is -0.776. The molecule has 0 saturated carbocycles. The van der Waals surface area contributed by atoms with Crippen LogP contribution < -0.4 is 0 Å². The topological polar surface area (TPSA) is 35.5 Å². The monoisotopic (exact) mass is 216 g/mol. The fourth-order valence-electron chi connectivity index (χ4n) is 1.01. The van der Waals surface area contributed by atoms with Crippen molar-refractivity contribution in [2.75, 3.05) is 0 Å². The second kappa shape index (κ2) is 7.76. The van der Waals surface area contributed by atoms with Crippen molar-refractivity contribution in [3.8, 4) is 0 Å². The fourth-order valence-corrected chi connectivity index (χ4v) is 2.42. The van der Waals surface area contributed by atoms with Gasteiger partial charge in [-0.2, -0.15) is 0 Å². The largest absolute Gasteiger partial charge is 0.461 e. The van der Waals surface area contributed by atoms with Gasteiger partial charge in [-0.1, -0.05) is 19.9 Å². The molecule has 1 atom stereocenters. The summed E-state index contributed by atoms with van der Waals surface area (Å²) in [5.41, 5.74) is -0.00657. The van der Waals surface area contributed by atoms with Crippen LogP contribution in [-0.4, -0.2) is 27.6 Å². The lowest BCUT2D eigenvalue weighted by Crippen LogP contribution is -2.27. The first-order valence-corrected chi connectivity index (χ1v) is 6.44. The highest BCUT2D eigenvalue weighted by molar-refractivity contribution is 6.29. The summed E-state index contributed by atoms with van der Waals surface area (Å²) in [5, 5.41) is 0. The fraction of sp³-hybridized carbons (Fsp3) is 0.700. The Hall–Kier alpha value is -0.613. The number of carbonyl (C=O) groups is 1. The van der Waals surface area contributed by atoms with E-state index in [-0.39, 0.29) is 17.8 Å². The van der Waals surface area contributed by atoms with Crippen LogP contribution in [0, 0.1) is 0 Å². The summed E-state index contributed by atoms with van der Waals surface area (Å²) in [4.78, 5) is 11.0. The molecule has 0 amide bonds. The molecule has 0 aliphatic carbocycles. The Balaban J connectivity index is 3.88. The molecule has 0 aromatic carbocycles. The van der Waals surface area contributed by atoms with Crippen molar-refractivity contribution in [3.63, 3.8) is 0 Å². The summed E-state index contributed by atoms with van der Waals surface area (Å²) < 4.78 is 10.7. The van der Waals surface area contributed by atoms with Gasteiger partial charge in [0, 0.05) is 12.2 Å². The first kappa shape index (κ1) is 13.4. The summed E-state index contributed by atoms with van der Waals surface area (Å²) in [6.45, 7) is 9.42. The molecule has 0 fully saturated rings. The first-order chi connectivity index (χ1) is 6.60. The van der Waals surface area contributed by atoms with Crippen LogP contribution in [0.5, 0.6) is 0 Å². The predicted octanol–water partition coefficient (Wildman–Crippen LogP) is 1.35. The minimum atomic E-state index is -0.776. The molecule has 0 aromatic heterocycles. The van der Waals surface area contributed by atoms with Crippen LogP contribution in [0.25, 0.3) is 0 Å². The average Bonchev–Trinajstić information content (AvgIpc) is 2.14. The molecule has 0 bridgehead atoms. The predicted molar refractivity (Wildman–Crippen MR) is 59.8 cm³/mol. The second-order valence-electron chi connectivity index (χ2n) is 3.43. The van der Waals surface area contributed by atoms with Gasteiger partial charge in [0.2, 0.25) is 9.76 Å². The van der Waals surface area contributed by atoms with E-state index in [9.17, 15) is 4.79 Å². The van der Waals surface area contributed by atoms with Gasteiger partial charge in [-0.3, -0.25) is 0 Å². The van der Waals surface area contributed by atoms with E-state index in [1.54, 1.807) is 0 Å². The third-order valence-electron chi connectivity index (χ3n) is 1.68. The molecule has 0 aliphatic rings. The van der Waals surface area contributed by atoms with Crippen LogP contribution in [0.2, 0.25) is 0 Å². The third kappa shape index (κ3) is 6.86. The van der Waals surface area contributed by atoms with Crippen LogP contribution in [0.4, 0.5) is 0 Å². The molecule has 0 N–H and O–H groups in total. The third-order valence-corrected chi connectivity index (χ3v) is 3.48. The number of rotatable bonds is 7. The number of carbonyl (C=O) groups excluding carboxylic acids is 1. The van der Waals surface area contributed by atoms with Crippen molar-refractivity contribution in [1.29, 1.82) is 0 Å². The minimum absolute atomic E-state index is 0.00657. The normalized spacial score (nSPS) is 13.4. The molecule has 14 heavy (non-hydrogen) atoms. The molecule has 0 aliphatic heterocycles. The van der Waals surface area contributed by atoms with Crippen LogP contribution >= 0.6 is 0 Å². The Bertz CT molecular complexity index is 180. The molecule has 3 nitrogen and oxygen atoms in total.